The second-order valence-corrected chi connectivity index (χ2v) is 4.41. The molecule has 0 aliphatic heterocycles. The fourth-order valence-corrected chi connectivity index (χ4v) is 1.72. The van der Waals surface area contributed by atoms with Crippen LogP contribution in [0.5, 0.6) is 0 Å². The Kier molecular flexibility index (Phi) is 4.50. The number of carbonyl (C=O) groups is 1. The largest absolute Gasteiger partial charge is 0.326 e. The van der Waals surface area contributed by atoms with Crippen LogP contribution in [0, 0.1) is 0 Å². The second-order valence-electron chi connectivity index (χ2n) is 4.41. The van der Waals surface area contributed by atoms with Crippen LogP contribution in [0.15, 0.2) is 59.7 Å². The molecule has 0 radical (unpaired) electrons. The summed E-state index contributed by atoms with van der Waals surface area (Å²) in [5, 5.41) is 8.91. The maximum Gasteiger partial charge on any atom is 0.221 e. The van der Waals surface area contributed by atoms with Crippen molar-refractivity contribution in [2.75, 3.05) is 17.4 Å². The van der Waals surface area contributed by atoms with Crippen molar-refractivity contribution in [3.63, 3.8) is 0 Å². The number of hydrazone groups is 1. The standard InChI is InChI=1S/C16H17N3O/c1-13(20)18-15-10-8-14(9-11-15)12-17-19(2)16-6-4-3-5-7-16/h3-12H,1-2H3,(H,18,20)/b17-12+. The van der Waals surface area contributed by atoms with Crippen LogP contribution in [0.4, 0.5) is 11.4 Å². The van der Waals surface area contributed by atoms with E-state index in [0.717, 1.165) is 16.9 Å². The van der Waals surface area contributed by atoms with Crippen molar-refractivity contribution < 1.29 is 4.79 Å². The van der Waals surface area contributed by atoms with Gasteiger partial charge in [0.2, 0.25) is 5.91 Å². The minimum Gasteiger partial charge on any atom is -0.326 e. The molecular weight excluding hydrogens is 250 g/mol. The fraction of sp³-hybridized carbons (Fsp3) is 0.125. The Morgan fingerprint density at radius 2 is 1.75 bits per heavy atom. The number of hydrogen-bond acceptors (Lipinski definition) is 3. The van der Waals surface area contributed by atoms with Gasteiger partial charge in [-0.2, -0.15) is 5.10 Å². The third-order valence-corrected chi connectivity index (χ3v) is 2.74. The van der Waals surface area contributed by atoms with Gasteiger partial charge in [-0.3, -0.25) is 9.80 Å². The Balaban J connectivity index is 2.02. The molecule has 1 N–H and O–H groups in total. The lowest BCUT2D eigenvalue weighted by molar-refractivity contribution is -0.114. The van der Waals surface area contributed by atoms with Crippen LogP contribution in [0.1, 0.15) is 12.5 Å². The van der Waals surface area contributed by atoms with Gasteiger partial charge in [0.1, 0.15) is 0 Å². The van der Waals surface area contributed by atoms with E-state index in [2.05, 4.69) is 10.4 Å². The van der Waals surface area contributed by atoms with Gasteiger partial charge in [0.25, 0.3) is 0 Å². The molecule has 0 aromatic heterocycles. The molecule has 0 fully saturated rings. The summed E-state index contributed by atoms with van der Waals surface area (Å²) in [6, 6.07) is 17.4. The highest BCUT2D eigenvalue weighted by molar-refractivity contribution is 5.89. The van der Waals surface area contributed by atoms with Crippen LogP contribution >= 0.6 is 0 Å². The van der Waals surface area contributed by atoms with Gasteiger partial charge in [0, 0.05) is 19.7 Å². The highest BCUT2D eigenvalue weighted by Gasteiger charge is 1.97. The Morgan fingerprint density at radius 3 is 2.35 bits per heavy atom. The van der Waals surface area contributed by atoms with Gasteiger partial charge < -0.3 is 5.32 Å². The van der Waals surface area contributed by atoms with Gasteiger partial charge in [0.05, 0.1) is 11.9 Å². The SMILES string of the molecule is CC(=O)Nc1ccc(/C=N/N(C)c2ccccc2)cc1. The van der Waals surface area contributed by atoms with Gasteiger partial charge in [-0.25, -0.2) is 0 Å². The smallest absolute Gasteiger partial charge is 0.221 e. The summed E-state index contributed by atoms with van der Waals surface area (Å²) in [7, 11) is 1.90. The normalized spacial score (nSPS) is 10.5. The topological polar surface area (TPSA) is 44.7 Å². The lowest BCUT2D eigenvalue weighted by Crippen LogP contribution is -2.08. The monoisotopic (exact) mass is 267 g/mol. The van der Waals surface area contributed by atoms with Crippen molar-refractivity contribution in [2.45, 2.75) is 6.92 Å². The summed E-state index contributed by atoms with van der Waals surface area (Å²) in [6.45, 7) is 1.49. The lowest BCUT2D eigenvalue weighted by Gasteiger charge is -2.12. The summed E-state index contributed by atoms with van der Waals surface area (Å²) in [5.74, 6) is -0.0739. The zero-order valence-corrected chi connectivity index (χ0v) is 11.6. The summed E-state index contributed by atoms with van der Waals surface area (Å²) >= 11 is 0. The van der Waals surface area contributed by atoms with Crippen LogP contribution in [0.2, 0.25) is 0 Å². The molecule has 0 saturated heterocycles. The van der Waals surface area contributed by atoms with Crippen LogP contribution in [0.25, 0.3) is 0 Å². The van der Waals surface area contributed by atoms with Gasteiger partial charge in [-0.1, -0.05) is 30.3 Å². The third-order valence-electron chi connectivity index (χ3n) is 2.74. The minimum atomic E-state index is -0.0739. The van der Waals surface area contributed by atoms with E-state index in [0.29, 0.717) is 0 Å². The van der Waals surface area contributed by atoms with Gasteiger partial charge in [0.15, 0.2) is 0 Å². The molecule has 2 aromatic rings. The molecule has 0 aliphatic carbocycles. The summed E-state index contributed by atoms with van der Waals surface area (Å²) in [4.78, 5) is 10.9. The predicted molar refractivity (Wildman–Crippen MR) is 83.2 cm³/mol. The molecule has 0 saturated carbocycles. The lowest BCUT2D eigenvalue weighted by atomic mass is 10.2. The summed E-state index contributed by atoms with van der Waals surface area (Å²) in [6.07, 6.45) is 1.78. The molecule has 2 rings (SSSR count). The molecule has 0 unspecified atom stereocenters. The van der Waals surface area contributed by atoms with Crippen LogP contribution < -0.4 is 10.3 Å². The summed E-state index contributed by atoms with van der Waals surface area (Å²) in [5.41, 5.74) is 2.78. The number of nitrogens with one attached hydrogen (secondary N) is 1. The zero-order chi connectivity index (χ0) is 14.4. The van der Waals surface area contributed by atoms with E-state index in [9.17, 15) is 4.79 Å². The van der Waals surface area contributed by atoms with E-state index in [1.54, 1.807) is 6.21 Å². The van der Waals surface area contributed by atoms with Gasteiger partial charge >= 0.3 is 0 Å². The van der Waals surface area contributed by atoms with E-state index >= 15 is 0 Å². The molecular formula is C16H17N3O. The molecule has 4 heteroatoms. The molecule has 102 valence electrons. The Morgan fingerprint density at radius 1 is 1.10 bits per heavy atom. The van der Waals surface area contributed by atoms with Crippen molar-refractivity contribution in [2.24, 2.45) is 5.10 Å². The molecule has 0 atom stereocenters. The maximum absolute atomic E-state index is 10.9. The van der Waals surface area contributed by atoms with E-state index in [4.69, 9.17) is 0 Å². The molecule has 0 bridgehead atoms. The minimum absolute atomic E-state index is 0.0739. The van der Waals surface area contributed by atoms with E-state index in [1.165, 1.54) is 6.92 Å². The number of rotatable bonds is 4. The van der Waals surface area contributed by atoms with Gasteiger partial charge in [-0.05, 0) is 29.8 Å². The van der Waals surface area contributed by atoms with Crippen molar-refractivity contribution in [3.05, 3.63) is 60.2 Å². The van der Waals surface area contributed by atoms with Gasteiger partial charge in [-0.15, -0.1) is 0 Å². The average Bonchev–Trinajstić information content (AvgIpc) is 2.46. The Bertz CT molecular complexity index is 591. The first-order valence-corrected chi connectivity index (χ1v) is 6.35. The van der Waals surface area contributed by atoms with Crippen molar-refractivity contribution in [1.29, 1.82) is 0 Å². The number of nitrogens with zero attached hydrogens (tertiary/aromatic N) is 2. The molecule has 1 amide bonds. The van der Waals surface area contributed by atoms with Crippen LogP contribution in [-0.4, -0.2) is 19.2 Å². The number of para-hydroxylation sites is 1. The van der Waals surface area contributed by atoms with Crippen molar-refractivity contribution in [3.8, 4) is 0 Å². The van der Waals surface area contributed by atoms with E-state index in [-0.39, 0.29) is 5.91 Å². The van der Waals surface area contributed by atoms with E-state index in [1.807, 2.05) is 66.7 Å². The number of hydrogen-bond donors (Lipinski definition) is 1. The zero-order valence-electron chi connectivity index (χ0n) is 11.6. The Hall–Kier alpha value is -2.62. The van der Waals surface area contributed by atoms with Crippen molar-refractivity contribution >= 4 is 23.5 Å². The number of amides is 1. The first-order chi connectivity index (χ1) is 9.65. The molecule has 2 aromatic carbocycles. The predicted octanol–water partition coefficient (Wildman–Crippen LogP) is 3.12. The highest BCUT2D eigenvalue weighted by Crippen LogP contribution is 2.12. The average molecular weight is 267 g/mol. The molecule has 20 heavy (non-hydrogen) atoms. The van der Waals surface area contributed by atoms with Crippen molar-refractivity contribution in [1.82, 2.24) is 0 Å². The van der Waals surface area contributed by atoms with Crippen LogP contribution in [-0.2, 0) is 4.79 Å². The Labute approximate surface area is 118 Å². The quantitative estimate of drug-likeness (QED) is 0.683. The van der Waals surface area contributed by atoms with E-state index < -0.39 is 0 Å². The second kappa shape index (κ2) is 6.52. The molecule has 0 heterocycles. The first kappa shape index (κ1) is 13.8. The number of anilines is 2. The number of carbonyl (C=O) groups excluding carboxylic acids is 1. The molecule has 0 spiro atoms. The summed E-state index contributed by atoms with van der Waals surface area (Å²) < 4.78 is 0. The maximum atomic E-state index is 10.9. The third kappa shape index (κ3) is 3.95. The van der Waals surface area contributed by atoms with Crippen LogP contribution in [0.3, 0.4) is 0 Å². The first-order valence-electron chi connectivity index (χ1n) is 6.35. The fourth-order valence-electron chi connectivity index (χ4n) is 1.72. The molecule has 0 aliphatic rings. The highest BCUT2D eigenvalue weighted by atomic mass is 16.1. The molecule has 4 nitrogen and oxygen atoms in total. The number of benzene rings is 2.